The van der Waals surface area contributed by atoms with Crippen LogP contribution in [0.3, 0.4) is 0 Å². The van der Waals surface area contributed by atoms with E-state index in [4.69, 9.17) is 17.0 Å². The lowest BCUT2D eigenvalue weighted by Gasteiger charge is -2.36. The number of benzene rings is 3. The molecule has 7 nitrogen and oxygen atoms in total. The van der Waals surface area contributed by atoms with Crippen molar-refractivity contribution < 1.29 is 17.9 Å². The summed E-state index contributed by atoms with van der Waals surface area (Å²) in [6.45, 7) is 4.39. The molecular formula is C25H25N3O4S2. The molecule has 0 fully saturated rings. The van der Waals surface area contributed by atoms with E-state index in [9.17, 15) is 13.2 Å². The molecule has 3 aromatic rings. The summed E-state index contributed by atoms with van der Waals surface area (Å²) in [4.78, 5) is 14.6. The van der Waals surface area contributed by atoms with Gasteiger partial charge >= 0.3 is 5.97 Å². The van der Waals surface area contributed by atoms with Gasteiger partial charge in [0.05, 0.1) is 23.6 Å². The van der Waals surface area contributed by atoms with Crippen molar-refractivity contribution in [2.75, 3.05) is 18.4 Å². The summed E-state index contributed by atoms with van der Waals surface area (Å²) in [5.74, 6) is -0.448. The van der Waals surface area contributed by atoms with Crippen molar-refractivity contribution in [3.63, 3.8) is 0 Å². The molecule has 3 aromatic carbocycles. The third kappa shape index (κ3) is 4.36. The van der Waals surface area contributed by atoms with Gasteiger partial charge in [-0.3, -0.25) is 4.72 Å². The molecule has 9 heteroatoms. The van der Waals surface area contributed by atoms with Gasteiger partial charge in [-0.25, -0.2) is 13.2 Å². The van der Waals surface area contributed by atoms with Crippen LogP contribution in [-0.4, -0.2) is 38.1 Å². The van der Waals surface area contributed by atoms with Crippen molar-refractivity contribution in [2.24, 2.45) is 0 Å². The van der Waals surface area contributed by atoms with Crippen LogP contribution >= 0.6 is 12.2 Å². The molecule has 0 saturated carbocycles. The molecule has 1 heterocycles. The SMILES string of the molecule is CCN1C(=S)NC(c2ccc(NS(=O)(=O)c3cccc4ccccc34)cc2)C(C(=O)OC)=C1C. The van der Waals surface area contributed by atoms with Gasteiger partial charge in [0.2, 0.25) is 0 Å². The summed E-state index contributed by atoms with van der Waals surface area (Å²) in [5, 5.41) is 5.21. The summed E-state index contributed by atoms with van der Waals surface area (Å²) in [5.41, 5.74) is 2.35. The van der Waals surface area contributed by atoms with Gasteiger partial charge in [0.15, 0.2) is 5.11 Å². The Labute approximate surface area is 204 Å². The number of hydrogen-bond donors (Lipinski definition) is 2. The van der Waals surface area contributed by atoms with E-state index in [0.29, 0.717) is 28.3 Å². The van der Waals surface area contributed by atoms with Gasteiger partial charge < -0.3 is 15.0 Å². The Morgan fingerprint density at radius 3 is 2.44 bits per heavy atom. The number of carbonyl (C=O) groups is 1. The van der Waals surface area contributed by atoms with Gasteiger partial charge in [0.1, 0.15) is 0 Å². The first kappa shape index (κ1) is 23.7. The second-order valence-electron chi connectivity index (χ2n) is 7.82. The number of nitrogens with zero attached hydrogens (tertiary/aromatic N) is 1. The molecule has 0 bridgehead atoms. The van der Waals surface area contributed by atoms with Crippen LogP contribution in [0.2, 0.25) is 0 Å². The zero-order valence-corrected chi connectivity index (χ0v) is 20.7. The standard InChI is InChI=1S/C25H25N3O4S2/c1-4-28-16(2)22(24(29)32-3)23(26-25(28)33)18-12-14-19(15-13-18)27-34(30,31)21-11-7-9-17-8-5-6-10-20(17)21/h5-15,23,27H,4H2,1-3H3,(H,26,33). The molecule has 1 atom stereocenters. The molecule has 1 unspecified atom stereocenters. The topological polar surface area (TPSA) is 87.7 Å². The Morgan fingerprint density at radius 2 is 1.76 bits per heavy atom. The average molecular weight is 496 g/mol. The molecule has 2 N–H and O–H groups in total. The number of esters is 1. The molecule has 176 valence electrons. The third-order valence-electron chi connectivity index (χ3n) is 5.85. The fourth-order valence-corrected chi connectivity index (χ4v) is 5.84. The Bertz CT molecular complexity index is 1390. The Kier molecular flexibility index (Phi) is 6.58. The number of fused-ring (bicyclic) bond motifs is 1. The zero-order chi connectivity index (χ0) is 24.5. The van der Waals surface area contributed by atoms with Gasteiger partial charge in [-0.1, -0.05) is 48.5 Å². The monoisotopic (exact) mass is 495 g/mol. The number of hydrogen-bond acceptors (Lipinski definition) is 5. The number of nitrogens with one attached hydrogen (secondary N) is 2. The van der Waals surface area contributed by atoms with Gasteiger partial charge in [0.25, 0.3) is 10.0 Å². The predicted octanol–water partition coefficient (Wildman–Crippen LogP) is 4.34. The minimum Gasteiger partial charge on any atom is -0.466 e. The molecule has 0 aromatic heterocycles. The van der Waals surface area contributed by atoms with Crippen LogP contribution in [0.5, 0.6) is 0 Å². The summed E-state index contributed by atoms with van der Waals surface area (Å²) in [7, 11) is -2.47. The predicted molar refractivity (Wildman–Crippen MR) is 137 cm³/mol. The van der Waals surface area contributed by atoms with Crippen LogP contribution in [-0.2, 0) is 19.6 Å². The minimum absolute atomic E-state index is 0.208. The number of methoxy groups -OCH3 is 1. The van der Waals surface area contributed by atoms with Crippen LogP contribution in [0, 0.1) is 0 Å². The maximum atomic E-state index is 13.1. The van der Waals surface area contributed by atoms with E-state index in [1.54, 1.807) is 42.5 Å². The van der Waals surface area contributed by atoms with Crippen LogP contribution in [0.15, 0.2) is 82.9 Å². The third-order valence-corrected chi connectivity index (χ3v) is 7.63. The van der Waals surface area contributed by atoms with E-state index >= 15 is 0 Å². The fourth-order valence-electron chi connectivity index (χ4n) is 4.17. The molecule has 0 saturated heterocycles. The van der Waals surface area contributed by atoms with Gasteiger partial charge in [-0.15, -0.1) is 0 Å². The van der Waals surface area contributed by atoms with Crippen molar-refractivity contribution >= 4 is 49.8 Å². The summed E-state index contributed by atoms with van der Waals surface area (Å²) in [6.07, 6.45) is 0. The number of allylic oxidation sites excluding steroid dienone is 1. The van der Waals surface area contributed by atoms with Crippen molar-refractivity contribution in [1.29, 1.82) is 0 Å². The number of rotatable bonds is 6. The number of ether oxygens (including phenoxy) is 1. The first-order chi connectivity index (χ1) is 16.3. The van der Waals surface area contributed by atoms with Gasteiger partial charge in [-0.05, 0) is 55.2 Å². The first-order valence-corrected chi connectivity index (χ1v) is 12.6. The van der Waals surface area contributed by atoms with E-state index in [2.05, 4.69) is 10.0 Å². The van der Waals surface area contributed by atoms with Crippen LogP contribution in [0.4, 0.5) is 5.69 Å². The van der Waals surface area contributed by atoms with Crippen LogP contribution in [0.25, 0.3) is 10.8 Å². The average Bonchev–Trinajstić information content (AvgIpc) is 2.83. The van der Waals surface area contributed by atoms with Crippen molar-refractivity contribution in [2.45, 2.75) is 24.8 Å². The molecule has 0 aliphatic carbocycles. The summed E-state index contributed by atoms with van der Waals surface area (Å²) < 4.78 is 33.9. The second-order valence-corrected chi connectivity index (χ2v) is 9.86. The molecule has 0 radical (unpaired) electrons. The highest BCUT2D eigenvalue weighted by Crippen LogP contribution is 2.32. The highest BCUT2D eigenvalue weighted by atomic mass is 32.2. The first-order valence-electron chi connectivity index (χ1n) is 10.7. The van der Waals surface area contributed by atoms with E-state index in [1.165, 1.54) is 7.11 Å². The summed E-state index contributed by atoms with van der Waals surface area (Å²) in [6, 6.07) is 18.9. The number of sulfonamides is 1. The normalized spacial score (nSPS) is 16.4. The van der Waals surface area contributed by atoms with Gasteiger partial charge in [-0.2, -0.15) is 0 Å². The largest absolute Gasteiger partial charge is 0.466 e. The maximum absolute atomic E-state index is 13.1. The zero-order valence-electron chi connectivity index (χ0n) is 19.0. The van der Waals surface area contributed by atoms with Crippen LogP contribution in [0.1, 0.15) is 25.5 Å². The molecule has 0 amide bonds. The Morgan fingerprint density at radius 1 is 1.09 bits per heavy atom. The van der Waals surface area contributed by atoms with E-state index in [1.807, 2.05) is 43.0 Å². The van der Waals surface area contributed by atoms with Crippen LogP contribution < -0.4 is 10.0 Å². The molecular weight excluding hydrogens is 470 g/mol. The number of carbonyl (C=O) groups excluding carboxylic acids is 1. The van der Waals surface area contributed by atoms with E-state index < -0.39 is 22.0 Å². The molecule has 4 rings (SSSR count). The highest BCUT2D eigenvalue weighted by molar-refractivity contribution is 7.93. The van der Waals surface area contributed by atoms with Crippen molar-refractivity contribution in [3.05, 3.63) is 83.6 Å². The Hall–Kier alpha value is -3.43. The molecule has 1 aliphatic rings. The second kappa shape index (κ2) is 9.44. The lowest BCUT2D eigenvalue weighted by atomic mass is 9.95. The molecule has 0 spiro atoms. The highest BCUT2D eigenvalue weighted by Gasteiger charge is 2.34. The van der Waals surface area contributed by atoms with Crippen molar-refractivity contribution in [3.8, 4) is 0 Å². The molecule has 1 aliphatic heterocycles. The van der Waals surface area contributed by atoms with Crippen molar-refractivity contribution in [1.82, 2.24) is 10.2 Å². The lowest BCUT2D eigenvalue weighted by Crippen LogP contribution is -2.47. The Balaban J connectivity index is 1.65. The number of anilines is 1. The maximum Gasteiger partial charge on any atom is 0.337 e. The van der Waals surface area contributed by atoms with E-state index in [-0.39, 0.29) is 4.90 Å². The smallest absolute Gasteiger partial charge is 0.337 e. The fraction of sp³-hybridized carbons (Fsp3) is 0.200. The quantitative estimate of drug-likeness (QED) is 0.389. The molecule has 34 heavy (non-hydrogen) atoms. The summed E-state index contributed by atoms with van der Waals surface area (Å²) >= 11 is 5.48. The van der Waals surface area contributed by atoms with Gasteiger partial charge in [0, 0.05) is 23.3 Å². The number of thiocarbonyl (C=S) groups is 1. The van der Waals surface area contributed by atoms with E-state index in [0.717, 1.165) is 16.6 Å². The minimum atomic E-state index is -3.81. The lowest BCUT2D eigenvalue weighted by molar-refractivity contribution is -0.136.